The Morgan fingerprint density at radius 2 is 0.797 bits per heavy atom. The lowest BCUT2D eigenvalue weighted by molar-refractivity contribution is 0.668. The van der Waals surface area contributed by atoms with Crippen molar-refractivity contribution in [1.82, 2.24) is 9.97 Å². The third-order valence-corrected chi connectivity index (χ3v) is 12.8. The molecule has 59 heavy (non-hydrogen) atoms. The maximum absolute atomic E-state index is 5.43. The molecule has 2 nitrogen and oxygen atoms in total. The Bertz CT molecular complexity index is 3490. The number of nitrogens with zero attached hydrogens (tertiary/aromatic N) is 2. The molecule has 0 aliphatic heterocycles. The van der Waals surface area contributed by atoms with E-state index in [-0.39, 0.29) is 5.41 Å². The van der Waals surface area contributed by atoms with Gasteiger partial charge in [-0.1, -0.05) is 190 Å². The Morgan fingerprint density at radius 3 is 1.49 bits per heavy atom. The summed E-state index contributed by atoms with van der Waals surface area (Å²) in [6.07, 6.45) is 0. The highest BCUT2D eigenvalue weighted by Gasteiger charge is 2.39. The topological polar surface area (TPSA) is 25.8 Å². The summed E-state index contributed by atoms with van der Waals surface area (Å²) >= 11 is 0. The maximum atomic E-state index is 5.43. The summed E-state index contributed by atoms with van der Waals surface area (Å²) in [6.45, 7) is 4.79. The van der Waals surface area contributed by atoms with E-state index in [0.29, 0.717) is 5.82 Å². The molecule has 12 rings (SSSR count). The molecule has 0 spiro atoms. The first-order valence-corrected chi connectivity index (χ1v) is 20.5. The van der Waals surface area contributed by atoms with Crippen LogP contribution in [0.1, 0.15) is 25.0 Å². The van der Waals surface area contributed by atoms with Crippen LogP contribution in [0.15, 0.2) is 194 Å². The molecule has 0 atom stereocenters. The van der Waals surface area contributed by atoms with E-state index in [1.807, 2.05) is 0 Å². The quantitative estimate of drug-likeness (QED) is 0.167. The molecule has 1 aliphatic carbocycles. The summed E-state index contributed by atoms with van der Waals surface area (Å²) in [6, 6.07) is 70.5. The molecule has 0 saturated carbocycles. The van der Waals surface area contributed by atoms with Gasteiger partial charge >= 0.3 is 0 Å². The third kappa shape index (κ3) is 5.06. The number of hydrogen-bond donors (Lipinski definition) is 0. The van der Waals surface area contributed by atoms with Gasteiger partial charge < -0.3 is 0 Å². The van der Waals surface area contributed by atoms with Crippen molar-refractivity contribution in [3.63, 3.8) is 0 Å². The van der Waals surface area contributed by atoms with E-state index < -0.39 is 0 Å². The van der Waals surface area contributed by atoms with Gasteiger partial charge in [0.25, 0.3) is 0 Å². The van der Waals surface area contributed by atoms with Crippen LogP contribution in [0.4, 0.5) is 0 Å². The van der Waals surface area contributed by atoms with Gasteiger partial charge in [-0.25, -0.2) is 9.97 Å². The summed E-state index contributed by atoms with van der Waals surface area (Å²) in [7, 11) is 0. The van der Waals surface area contributed by atoms with E-state index >= 15 is 0 Å². The zero-order valence-electron chi connectivity index (χ0n) is 32.9. The molecule has 0 amide bonds. The Labute approximate surface area is 343 Å². The van der Waals surface area contributed by atoms with Gasteiger partial charge in [-0.3, -0.25) is 0 Å². The fourth-order valence-electron chi connectivity index (χ4n) is 10.2. The van der Waals surface area contributed by atoms with Crippen LogP contribution in [0.2, 0.25) is 0 Å². The number of rotatable bonds is 4. The standard InChI is InChI=1S/C57H38N2/c1-57(2)54-38-18-7-6-15-35(38)27-30-49(54)48-26-14-25-47(55(48)57)45-31-32-50(43-23-12-10-22-42(43)45)56-58-52(36-16-4-3-5-17-36)34-53(59-56)37-28-29-46-41-21-9-8-19-39(41)40-20-11-13-24-44(40)51(46)33-37/h3-34H,1-2H3. The van der Waals surface area contributed by atoms with Crippen LogP contribution in [0, 0.1) is 0 Å². The highest BCUT2D eigenvalue weighted by atomic mass is 14.9. The van der Waals surface area contributed by atoms with E-state index in [1.54, 1.807) is 0 Å². The van der Waals surface area contributed by atoms with Gasteiger partial charge in [0, 0.05) is 22.1 Å². The van der Waals surface area contributed by atoms with E-state index in [9.17, 15) is 0 Å². The Balaban J connectivity index is 1.06. The highest BCUT2D eigenvalue weighted by molar-refractivity contribution is 6.25. The lowest BCUT2D eigenvalue weighted by Gasteiger charge is -2.26. The number of hydrogen-bond acceptors (Lipinski definition) is 2. The van der Waals surface area contributed by atoms with Crippen LogP contribution in [-0.4, -0.2) is 9.97 Å². The largest absolute Gasteiger partial charge is 0.228 e. The molecule has 0 radical (unpaired) electrons. The van der Waals surface area contributed by atoms with E-state index in [0.717, 1.165) is 33.5 Å². The van der Waals surface area contributed by atoms with Crippen LogP contribution >= 0.6 is 0 Å². The molecule has 0 bridgehead atoms. The van der Waals surface area contributed by atoms with Crippen molar-refractivity contribution in [1.29, 1.82) is 0 Å². The zero-order valence-corrected chi connectivity index (χ0v) is 32.9. The summed E-state index contributed by atoms with van der Waals surface area (Å²) in [4.78, 5) is 10.8. The Hall–Kier alpha value is -7.42. The highest BCUT2D eigenvalue weighted by Crippen LogP contribution is 2.55. The molecular formula is C57H38N2. The molecule has 0 N–H and O–H groups in total. The first-order chi connectivity index (χ1) is 29.0. The fourth-order valence-corrected chi connectivity index (χ4v) is 10.2. The van der Waals surface area contributed by atoms with Gasteiger partial charge in [0.15, 0.2) is 5.82 Å². The lowest BCUT2D eigenvalue weighted by atomic mass is 9.77. The second kappa shape index (κ2) is 12.8. The Kier molecular flexibility index (Phi) is 7.31. The van der Waals surface area contributed by atoms with Crippen molar-refractivity contribution in [3.8, 4) is 56.2 Å². The zero-order chi connectivity index (χ0) is 39.2. The van der Waals surface area contributed by atoms with Crippen LogP contribution < -0.4 is 0 Å². The monoisotopic (exact) mass is 750 g/mol. The maximum Gasteiger partial charge on any atom is 0.161 e. The van der Waals surface area contributed by atoms with E-state index in [4.69, 9.17) is 9.97 Å². The van der Waals surface area contributed by atoms with Crippen molar-refractivity contribution in [2.75, 3.05) is 0 Å². The van der Waals surface area contributed by atoms with Crippen molar-refractivity contribution in [3.05, 3.63) is 205 Å². The SMILES string of the molecule is CC1(C)c2c(cccc2-c2ccc(-c3nc(-c4ccccc4)cc(-c4ccc5c6ccccc6c6ccccc6c5c4)n3)c3ccccc23)-c2ccc3ccccc3c21. The number of aromatic nitrogens is 2. The minimum atomic E-state index is -0.193. The first kappa shape index (κ1) is 33.7. The number of fused-ring (bicyclic) bond motifs is 12. The van der Waals surface area contributed by atoms with Crippen LogP contribution in [0.3, 0.4) is 0 Å². The van der Waals surface area contributed by atoms with Crippen LogP contribution in [-0.2, 0) is 5.41 Å². The normalized spacial score (nSPS) is 13.1. The Morgan fingerprint density at radius 1 is 0.305 bits per heavy atom. The van der Waals surface area contributed by atoms with E-state index in [1.165, 1.54) is 81.9 Å². The number of benzene rings is 10. The second-order valence-electron chi connectivity index (χ2n) is 16.4. The molecule has 1 aliphatic rings. The fraction of sp³-hybridized carbons (Fsp3) is 0.0526. The van der Waals surface area contributed by atoms with Gasteiger partial charge in [0.1, 0.15) is 0 Å². The molecule has 0 fully saturated rings. The average Bonchev–Trinajstić information content (AvgIpc) is 3.55. The van der Waals surface area contributed by atoms with Gasteiger partial charge in [-0.2, -0.15) is 0 Å². The molecule has 0 saturated heterocycles. The van der Waals surface area contributed by atoms with E-state index in [2.05, 4.69) is 208 Å². The summed E-state index contributed by atoms with van der Waals surface area (Å²) in [5.41, 5.74) is 12.7. The van der Waals surface area contributed by atoms with Gasteiger partial charge in [0.2, 0.25) is 0 Å². The third-order valence-electron chi connectivity index (χ3n) is 12.8. The summed E-state index contributed by atoms with van der Waals surface area (Å²) in [5.74, 6) is 0.713. The van der Waals surface area contributed by atoms with Gasteiger partial charge in [-0.05, 0) is 105 Å². The first-order valence-electron chi connectivity index (χ1n) is 20.5. The molecule has 0 unspecified atom stereocenters. The lowest BCUT2D eigenvalue weighted by Crippen LogP contribution is -2.17. The molecular weight excluding hydrogens is 713 g/mol. The van der Waals surface area contributed by atoms with Crippen molar-refractivity contribution < 1.29 is 0 Å². The molecule has 1 aromatic heterocycles. The smallest absolute Gasteiger partial charge is 0.161 e. The minimum Gasteiger partial charge on any atom is -0.228 e. The minimum absolute atomic E-state index is 0.193. The van der Waals surface area contributed by atoms with Crippen molar-refractivity contribution in [2.45, 2.75) is 19.3 Å². The molecule has 10 aromatic carbocycles. The summed E-state index contributed by atoms with van der Waals surface area (Å²) < 4.78 is 0. The molecule has 276 valence electrons. The second-order valence-corrected chi connectivity index (χ2v) is 16.4. The average molecular weight is 751 g/mol. The van der Waals surface area contributed by atoms with Crippen molar-refractivity contribution in [2.24, 2.45) is 0 Å². The van der Waals surface area contributed by atoms with Crippen LogP contribution in [0.5, 0.6) is 0 Å². The molecule has 2 heteroatoms. The molecule has 11 aromatic rings. The predicted molar refractivity (Wildman–Crippen MR) is 249 cm³/mol. The molecule has 1 heterocycles. The summed E-state index contributed by atoms with van der Waals surface area (Å²) in [5, 5.41) is 12.4. The van der Waals surface area contributed by atoms with Gasteiger partial charge in [-0.15, -0.1) is 0 Å². The van der Waals surface area contributed by atoms with Crippen molar-refractivity contribution >= 4 is 53.9 Å². The van der Waals surface area contributed by atoms with Gasteiger partial charge in [0.05, 0.1) is 11.4 Å². The predicted octanol–water partition coefficient (Wildman–Crippen LogP) is 15.2. The van der Waals surface area contributed by atoms with Crippen LogP contribution in [0.25, 0.3) is 110 Å².